The molecule has 0 spiro atoms. The van der Waals surface area contributed by atoms with Crippen LogP contribution in [-0.4, -0.2) is 28.8 Å². The van der Waals surface area contributed by atoms with Gasteiger partial charge in [0.1, 0.15) is 6.04 Å². The molecule has 3 aromatic rings. The highest BCUT2D eigenvalue weighted by atomic mass is 32.1. The highest BCUT2D eigenvalue weighted by Gasteiger charge is 2.46. The molecule has 2 heterocycles. The Labute approximate surface area is 178 Å². The Balaban J connectivity index is 1.60. The van der Waals surface area contributed by atoms with Crippen molar-refractivity contribution in [1.82, 2.24) is 4.90 Å². The Hall–Kier alpha value is -3.45. The van der Waals surface area contributed by atoms with E-state index in [4.69, 9.17) is 0 Å². The summed E-state index contributed by atoms with van der Waals surface area (Å²) in [5, 5.41) is 4.73. The standard InChI is InChI=1S/C23H21N3O3S/c1-16-7-5-10-18(13-16)26-22(28)20(14-21(27)24-17-8-3-2-4-9-17)25(23(26)29)15-19-11-6-12-30-19/h2-13,20H,14-15H2,1H3,(H,24,27). The summed E-state index contributed by atoms with van der Waals surface area (Å²) in [5.74, 6) is -0.694. The summed E-state index contributed by atoms with van der Waals surface area (Å²) in [4.78, 5) is 42.7. The Bertz CT molecular complexity index is 1070. The molecule has 1 fully saturated rings. The van der Waals surface area contributed by atoms with Gasteiger partial charge in [-0.3, -0.25) is 9.59 Å². The van der Waals surface area contributed by atoms with E-state index in [-0.39, 0.29) is 24.8 Å². The number of benzene rings is 2. The van der Waals surface area contributed by atoms with Crippen LogP contribution in [0.15, 0.2) is 72.1 Å². The lowest BCUT2D eigenvalue weighted by Crippen LogP contribution is -2.37. The third kappa shape index (κ3) is 4.11. The largest absolute Gasteiger partial charge is 0.332 e. The molecule has 1 aliphatic rings. The number of nitrogens with zero attached hydrogens (tertiary/aromatic N) is 2. The number of aryl methyl sites for hydroxylation is 1. The summed E-state index contributed by atoms with van der Waals surface area (Å²) in [6.45, 7) is 2.19. The summed E-state index contributed by atoms with van der Waals surface area (Å²) in [5.41, 5.74) is 2.12. The fourth-order valence-corrected chi connectivity index (χ4v) is 4.20. The van der Waals surface area contributed by atoms with Gasteiger partial charge in [0.25, 0.3) is 5.91 Å². The van der Waals surface area contributed by atoms with E-state index in [0.29, 0.717) is 11.4 Å². The molecule has 152 valence electrons. The van der Waals surface area contributed by atoms with Crippen molar-refractivity contribution in [1.29, 1.82) is 0 Å². The third-order valence-corrected chi connectivity index (χ3v) is 5.78. The number of imide groups is 1. The number of thiophene rings is 1. The zero-order valence-electron chi connectivity index (χ0n) is 16.4. The molecule has 4 rings (SSSR count). The van der Waals surface area contributed by atoms with Gasteiger partial charge in [-0.1, -0.05) is 36.4 Å². The van der Waals surface area contributed by atoms with Crippen LogP contribution in [0, 0.1) is 6.92 Å². The normalized spacial score (nSPS) is 16.2. The molecule has 4 amide bonds. The zero-order valence-corrected chi connectivity index (χ0v) is 17.3. The van der Waals surface area contributed by atoms with E-state index >= 15 is 0 Å². The molecular formula is C23H21N3O3S. The Morgan fingerprint density at radius 2 is 1.83 bits per heavy atom. The lowest BCUT2D eigenvalue weighted by atomic mass is 10.1. The van der Waals surface area contributed by atoms with Crippen LogP contribution in [0.25, 0.3) is 0 Å². The smallest absolute Gasteiger partial charge is 0.326 e. The average molecular weight is 420 g/mol. The van der Waals surface area contributed by atoms with Gasteiger partial charge in [-0.25, -0.2) is 9.69 Å². The maximum atomic E-state index is 13.2. The van der Waals surface area contributed by atoms with Gasteiger partial charge in [-0.05, 0) is 48.2 Å². The van der Waals surface area contributed by atoms with Crippen LogP contribution < -0.4 is 10.2 Å². The molecule has 0 bridgehead atoms. The molecule has 1 aliphatic heterocycles. The number of hydrogen-bond acceptors (Lipinski definition) is 4. The Morgan fingerprint density at radius 1 is 1.03 bits per heavy atom. The SMILES string of the molecule is Cc1cccc(N2C(=O)C(CC(=O)Nc3ccccc3)N(Cc3cccs3)C2=O)c1. The maximum Gasteiger partial charge on any atom is 0.332 e. The first kappa shape index (κ1) is 19.8. The van der Waals surface area contributed by atoms with E-state index in [1.54, 1.807) is 24.3 Å². The molecule has 1 atom stereocenters. The molecule has 1 N–H and O–H groups in total. The van der Waals surface area contributed by atoms with E-state index in [1.165, 1.54) is 21.1 Å². The summed E-state index contributed by atoms with van der Waals surface area (Å²) >= 11 is 1.51. The number of anilines is 2. The molecule has 1 saturated heterocycles. The lowest BCUT2D eigenvalue weighted by Gasteiger charge is -2.21. The molecule has 0 aliphatic carbocycles. The van der Waals surface area contributed by atoms with Crippen molar-refractivity contribution in [3.8, 4) is 0 Å². The number of carbonyl (C=O) groups is 3. The third-order valence-electron chi connectivity index (χ3n) is 4.92. The molecule has 1 unspecified atom stereocenters. The summed E-state index contributed by atoms with van der Waals surface area (Å²) in [6.07, 6.45) is -0.104. The lowest BCUT2D eigenvalue weighted by molar-refractivity contribution is -0.124. The first-order valence-corrected chi connectivity index (χ1v) is 10.5. The van der Waals surface area contributed by atoms with Gasteiger partial charge < -0.3 is 10.2 Å². The van der Waals surface area contributed by atoms with Crippen molar-refractivity contribution in [3.05, 3.63) is 82.6 Å². The van der Waals surface area contributed by atoms with E-state index in [2.05, 4.69) is 5.32 Å². The Morgan fingerprint density at radius 3 is 2.53 bits per heavy atom. The number of urea groups is 1. The van der Waals surface area contributed by atoms with Crippen LogP contribution in [0.1, 0.15) is 16.9 Å². The van der Waals surface area contributed by atoms with Crippen LogP contribution in [0.2, 0.25) is 0 Å². The second kappa shape index (κ2) is 8.51. The number of carbonyl (C=O) groups excluding carboxylic acids is 3. The number of rotatable bonds is 6. The van der Waals surface area contributed by atoms with Crippen LogP contribution >= 0.6 is 11.3 Å². The minimum atomic E-state index is -0.858. The van der Waals surface area contributed by atoms with Crippen LogP contribution in [0.4, 0.5) is 16.2 Å². The van der Waals surface area contributed by atoms with Gasteiger partial charge in [0.05, 0.1) is 18.7 Å². The monoisotopic (exact) mass is 419 g/mol. The minimum absolute atomic E-state index is 0.104. The van der Waals surface area contributed by atoms with Crippen molar-refractivity contribution in [2.75, 3.05) is 10.2 Å². The highest BCUT2D eigenvalue weighted by Crippen LogP contribution is 2.29. The zero-order chi connectivity index (χ0) is 21.1. The van der Waals surface area contributed by atoms with E-state index in [9.17, 15) is 14.4 Å². The molecular weight excluding hydrogens is 398 g/mol. The first-order valence-electron chi connectivity index (χ1n) is 9.61. The summed E-state index contributed by atoms with van der Waals surface area (Å²) in [7, 11) is 0. The van der Waals surface area contributed by atoms with Crippen molar-refractivity contribution in [2.45, 2.75) is 25.9 Å². The van der Waals surface area contributed by atoms with Crippen molar-refractivity contribution >= 4 is 40.6 Å². The van der Waals surface area contributed by atoms with Crippen LogP contribution in [-0.2, 0) is 16.1 Å². The maximum absolute atomic E-state index is 13.2. The second-order valence-electron chi connectivity index (χ2n) is 7.14. The fraction of sp³-hybridized carbons (Fsp3) is 0.174. The fourth-order valence-electron chi connectivity index (χ4n) is 3.50. The topological polar surface area (TPSA) is 69.7 Å². The quantitative estimate of drug-likeness (QED) is 0.601. The summed E-state index contributed by atoms with van der Waals surface area (Å²) < 4.78 is 0. The predicted octanol–water partition coefficient (Wildman–Crippen LogP) is 4.42. The molecule has 7 heteroatoms. The number of amides is 4. The summed E-state index contributed by atoms with van der Waals surface area (Å²) in [6, 6.07) is 18.9. The van der Waals surface area contributed by atoms with E-state index in [0.717, 1.165) is 10.4 Å². The minimum Gasteiger partial charge on any atom is -0.326 e. The second-order valence-corrected chi connectivity index (χ2v) is 8.17. The molecule has 0 radical (unpaired) electrons. The molecule has 6 nitrogen and oxygen atoms in total. The van der Waals surface area contributed by atoms with E-state index in [1.807, 2.05) is 54.8 Å². The van der Waals surface area contributed by atoms with Gasteiger partial charge in [0.15, 0.2) is 0 Å². The van der Waals surface area contributed by atoms with Gasteiger partial charge in [0.2, 0.25) is 5.91 Å². The highest BCUT2D eigenvalue weighted by molar-refractivity contribution is 7.09. The average Bonchev–Trinajstić information content (AvgIpc) is 3.31. The molecule has 0 saturated carbocycles. The molecule has 1 aromatic heterocycles. The van der Waals surface area contributed by atoms with E-state index < -0.39 is 12.1 Å². The van der Waals surface area contributed by atoms with Crippen molar-refractivity contribution < 1.29 is 14.4 Å². The van der Waals surface area contributed by atoms with Gasteiger partial charge in [-0.15, -0.1) is 11.3 Å². The first-order chi connectivity index (χ1) is 14.5. The van der Waals surface area contributed by atoms with Crippen LogP contribution in [0.3, 0.4) is 0 Å². The predicted molar refractivity (Wildman–Crippen MR) is 117 cm³/mol. The van der Waals surface area contributed by atoms with Crippen molar-refractivity contribution in [2.24, 2.45) is 0 Å². The van der Waals surface area contributed by atoms with Gasteiger partial charge >= 0.3 is 6.03 Å². The number of hydrogen-bond donors (Lipinski definition) is 1. The van der Waals surface area contributed by atoms with Gasteiger partial charge in [-0.2, -0.15) is 0 Å². The molecule has 2 aromatic carbocycles. The Kier molecular flexibility index (Phi) is 5.63. The number of para-hydroxylation sites is 1. The van der Waals surface area contributed by atoms with Crippen molar-refractivity contribution in [3.63, 3.8) is 0 Å². The number of nitrogens with one attached hydrogen (secondary N) is 1. The molecule has 30 heavy (non-hydrogen) atoms. The van der Waals surface area contributed by atoms with Crippen LogP contribution in [0.5, 0.6) is 0 Å². The van der Waals surface area contributed by atoms with Gasteiger partial charge in [0, 0.05) is 10.6 Å².